The summed E-state index contributed by atoms with van der Waals surface area (Å²) in [6.07, 6.45) is 0.557. The van der Waals surface area contributed by atoms with Crippen LogP contribution in [0.4, 0.5) is 0 Å². The molecule has 1 saturated heterocycles. The van der Waals surface area contributed by atoms with Crippen LogP contribution < -0.4 is 5.32 Å². The maximum atomic E-state index is 12.0. The highest BCUT2D eigenvalue weighted by Crippen LogP contribution is 2.29. The molecule has 15 heavy (non-hydrogen) atoms. The van der Waals surface area contributed by atoms with E-state index in [1.807, 2.05) is 18.9 Å². The largest absolute Gasteiger partial charge is 0.326 e. The van der Waals surface area contributed by atoms with E-state index in [9.17, 15) is 4.79 Å². The van der Waals surface area contributed by atoms with Gasteiger partial charge in [-0.15, -0.1) is 11.8 Å². The summed E-state index contributed by atoms with van der Waals surface area (Å²) in [6, 6.07) is 0. The molecule has 1 fully saturated rings. The SMILES string of the molecule is C=C(C)C1SCCN1C(=O)CC(I)NC. The van der Waals surface area contributed by atoms with Crippen molar-refractivity contribution >= 4 is 40.3 Å². The summed E-state index contributed by atoms with van der Waals surface area (Å²) in [5.41, 5.74) is 1.07. The lowest BCUT2D eigenvalue weighted by Gasteiger charge is -2.25. The van der Waals surface area contributed by atoms with Crippen molar-refractivity contribution in [3.63, 3.8) is 0 Å². The quantitative estimate of drug-likeness (QED) is 0.367. The Bertz CT molecular complexity index is 260. The summed E-state index contributed by atoms with van der Waals surface area (Å²) in [6.45, 7) is 6.78. The van der Waals surface area contributed by atoms with Crippen LogP contribution in [0.3, 0.4) is 0 Å². The number of carbonyl (C=O) groups is 1. The van der Waals surface area contributed by atoms with Crippen molar-refractivity contribution in [1.82, 2.24) is 10.2 Å². The number of carbonyl (C=O) groups excluding carboxylic acids is 1. The van der Waals surface area contributed by atoms with E-state index in [2.05, 4.69) is 34.5 Å². The Morgan fingerprint density at radius 1 is 1.80 bits per heavy atom. The molecular formula is C10H17IN2OS. The van der Waals surface area contributed by atoms with Gasteiger partial charge in [0.2, 0.25) is 5.91 Å². The lowest BCUT2D eigenvalue weighted by molar-refractivity contribution is -0.130. The molecule has 0 saturated carbocycles. The van der Waals surface area contributed by atoms with Crippen molar-refractivity contribution in [1.29, 1.82) is 0 Å². The summed E-state index contributed by atoms with van der Waals surface area (Å²) < 4.78 is 0.214. The van der Waals surface area contributed by atoms with E-state index >= 15 is 0 Å². The molecule has 1 aliphatic rings. The molecule has 1 heterocycles. The van der Waals surface area contributed by atoms with E-state index < -0.39 is 0 Å². The summed E-state index contributed by atoms with van der Waals surface area (Å²) in [4.78, 5) is 13.9. The average molecular weight is 340 g/mol. The Kier molecular flexibility index (Phi) is 5.42. The summed E-state index contributed by atoms with van der Waals surface area (Å²) in [5.74, 6) is 1.25. The zero-order chi connectivity index (χ0) is 11.4. The van der Waals surface area contributed by atoms with Gasteiger partial charge in [-0.2, -0.15) is 0 Å². The molecule has 0 aromatic rings. The predicted octanol–water partition coefficient (Wildman–Crippen LogP) is 1.83. The number of alkyl halides is 1. The van der Waals surface area contributed by atoms with Gasteiger partial charge in [0.15, 0.2) is 0 Å². The molecule has 2 unspecified atom stereocenters. The topological polar surface area (TPSA) is 32.3 Å². The molecule has 86 valence electrons. The van der Waals surface area contributed by atoms with Gasteiger partial charge in [-0.05, 0) is 19.5 Å². The molecule has 3 nitrogen and oxygen atoms in total. The maximum absolute atomic E-state index is 12.0. The van der Waals surface area contributed by atoms with E-state index in [0.717, 1.165) is 17.9 Å². The van der Waals surface area contributed by atoms with E-state index in [1.165, 1.54) is 0 Å². The number of thioether (sulfide) groups is 1. The van der Waals surface area contributed by atoms with E-state index in [1.54, 1.807) is 11.8 Å². The van der Waals surface area contributed by atoms with Crippen LogP contribution in [0.1, 0.15) is 13.3 Å². The first-order chi connectivity index (χ1) is 7.06. The molecule has 1 amide bonds. The molecule has 0 radical (unpaired) electrons. The molecule has 0 aromatic heterocycles. The zero-order valence-electron chi connectivity index (χ0n) is 9.12. The third-order valence-corrected chi connectivity index (χ3v) is 4.75. The zero-order valence-corrected chi connectivity index (χ0v) is 12.1. The van der Waals surface area contributed by atoms with Gasteiger partial charge in [0.25, 0.3) is 0 Å². The molecule has 0 aromatic carbocycles. The van der Waals surface area contributed by atoms with E-state index in [-0.39, 0.29) is 15.3 Å². The van der Waals surface area contributed by atoms with Crippen molar-refractivity contribution in [2.45, 2.75) is 22.8 Å². The Morgan fingerprint density at radius 2 is 2.47 bits per heavy atom. The molecule has 0 bridgehead atoms. The highest BCUT2D eigenvalue weighted by Gasteiger charge is 2.30. The number of nitrogens with zero attached hydrogens (tertiary/aromatic N) is 1. The second kappa shape index (κ2) is 6.10. The van der Waals surface area contributed by atoms with E-state index in [4.69, 9.17) is 0 Å². The highest BCUT2D eigenvalue weighted by atomic mass is 127. The minimum absolute atomic E-state index is 0.193. The lowest BCUT2D eigenvalue weighted by atomic mass is 10.3. The first kappa shape index (κ1) is 13.3. The molecular weight excluding hydrogens is 323 g/mol. The van der Waals surface area contributed by atoms with Crippen LogP contribution in [0.25, 0.3) is 0 Å². The fraction of sp³-hybridized carbons (Fsp3) is 0.700. The van der Waals surface area contributed by atoms with Gasteiger partial charge >= 0.3 is 0 Å². The monoisotopic (exact) mass is 340 g/mol. The fourth-order valence-corrected chi connectivity index (χ4v) is 3.10. The van der Waals surface area contributed by atoms with Crippen molar-refractivity contribution in [3.05, 3.63) is 12.2 Å². The van der Waals surface area contributed by atoms with Gasteiger partial charge in [-0.1, -0.05) is 29.2 Å². The van der Waals surface area contributed by atoms with Crippen LogP contribution >= 0.6 is 34.4 Å². The molecule has 1 aliphatic heterocycles. The Labute approximate surface area is 109 Å². The third kappa shape index (κ3) is 3.64. The van der Waals surface area contributed by atoms with Crippen LogP contribution in [0.5, 0.6) is 0 Å². The minimum atomic E-state index is 0.193. The summed E-state index contributed by atoms with van der Waals surface area (Å²) in [7, 11) is 1.87. The van der Waals surface area contributed by atoms with Gasteiger partial charge in [0.1, 0.15) is 0 Å². The van der Waals surface area contributed by atoms with Gasteiger partial charge in [-0.25, -0.2) is 0 Å². The number of rotatable bonds is 4. The summed E-state index contributed by atoms with van der Waals surface area (Å²) >= 11 is 4.05. The second-order valence-electron chi connectivity index (χ2n) is 3.62. The van der Waals surface area contributed by atoms with Gasteiger partial charge in [0, 0.05) is 12.3 Å². The van der Waals surface area contributed by atoms with E-state index in [0.29, 0.717) is 6.42 Å². The molecule has 2 atom stereocenters. The Balaban J connectivity index is 2.55. The van der Waals surface area contributed by atoms with Crippen molar-refractivity contribution < 1.29 is 4.79 Å². The summed E-state index contributed by atoms with van der Waals surface area (Å²) in [5, 5.41) is 3.27. The Morgan fingerprint density at radius 3 is 3.00 bits per heavy atom. The third-order valence-electron chi connectivity index (χ3n) is 2.30. The lowest BCUT2D eigenvalue weighted by Crippen LogP contribution is -2.38. The minimum Gasteiger partial charge on any atom is -0.326 e. The van der Waals surface area contributed by atoms with Gasteiger partial charge < -0.3 is 10.2 Å². The number of hydrogen-bond acceptors (Lipinski definition) is 3. The Hall–Kier alpha value is 0.250. The van der Waals surface area contributed by atoms with Crippen LogP contribution in [0.15, 0.2) is 12.2 Å². The van der Waals surface area contributed by atoms with Crippen LogP contribution in [0.2, 0.25) is 0 Å². The fourth-order valence-electron chi connectivity index (χ4n) is 1.51. The van der Waals surface area contributed by atoms with Crippen LogP contribution in [0, 0.1) is 0 Å². The second-order valence-corrected chi connectivity index (χ2v) is 6.31. The van der Waals surface area contributed by atoms with Crippen molar-refractivity contribution in [3.8, 4) is 0 Å². The normalized spacial score (nSPS) is 22.9. The van der Waals surface area contributed by atoms with Crippen LogP contribution in [-0.2, 0) is 4.79 Å². The predicted molar refractivity (Wildman–Crippen MR) is 74.3 cm³/mol. The van der Waals surface area contributed by atoms with Gasteiger partial charge in [-0.3, -0.25) is 4.79 Å². The number of hydrogen-bond donors (Lipinski definition) is 1. The maximum Gasteiger partial charge on any atom is 0.226 e. The standard InChI is InChI=1S/C10H17IN2OS/c1-7(2)10-13(4-5-15-10)9(14)6-8(11)12-3/h8,10,12H,1,4-6H2,2-3H3. The number of halogens is 1. The first-order valence-electron chi connectivity index (χ1n) is 4.94. The molecule has 1 N–H and O–H groups in total. The van der Waals surface area contributed by atoms with Crippen molar-refractivity contribution in [2.75, 3.05) is 19.3 Å². The van der Waals surface area contributed by atoms with Gasteiger partial charge in [0.05, 0.1) is 15.8 Å². The number of amides is 1. The molecule has 0 aliphatic carbocycles. The number of nitrogens with one attached hydrogen (secondary N) is 1. The average Bonchev–Trinajstić information content (AvgIpc) is 2.65. The molecule has 1 rings (SSSR count). The smallest absolute Gasteiger partial charge is 0.226 e. The first-order valence-corrected chi connectivity index (χ1v) is 7.23. The molecule has 5 heteroatoms. The molecule has 0 spiro atoms. The highest BCUT2D eigenvalue weighted by molar-refractivity contribution is 14.1. The van der Waals surface area contributed by atoms with Crippen LogP contribution in [-0.4, -0.2) is 39.6 Å². The van der Waals surface area contributed by atoms with Crippen molar-refractivity contribution in [2.24, 2.45) is 0 Å².